The normalized spacial score (nSPS) is 13.6. The van der Waals surface area contributed by atoms with Crippen molar-refractivity contribution in [2.24, 2.45) is 0 Å². The lowest BCUT2D eigenvalue weighted by atomic mass is 9.96. The number of rotatable bonds is 5. The molecular weight excluding hydrogens is 292 g/mol. The zero-order valence-corrected chi connectivity index (χ0v) is 14.1. The van der Waals surface area contributed by atoms with Crippen molar-refractivity contribution in [3.8, 4) is 5.88 Å². The molecule has 22 heavy (non-hydrogen) atoms. The Bertz CT molecular complexity index is 585. The first-order valence-electron chi connectivity index (χ1n) is 7.96. The second-order valence-electron chi connectivity index (χ2n) is 5.01. The lowest BCUT2D eigenvalue weighted by Crippen LogP contribution is -2.25. The Morgan fingerprint density at radius 2 is 1.91 bits per heavy atom. The van der Waals surface area contributed by atoms with E-state index in [9.17, 15) is 0 Å². The number of nitrogens with one attached hydrogen (secondary N) is 1. The van der Waals surface area contributed by atoms with Crippen molar-refractivity contribution in [1.29, 1.82) is 0 Å². The average molecular weight is 316 g/mol. The maximum Gasteiger partial charge on any atom is 0.215 e. The number of ether oxygens (including phenoxy) is 1. The molecule has 1 N–H and O–H groups in total. The fourth-order valence-electron chi connectivity index (χ4n) is 2.08. The van der Waals surface area contributed by atoms with Gasteiger partial charge in [0, 0.05) is 17.5 Å². The summed E-state index contributed by atoms with van der Waals surface area (Å²) in [5.74, 6) is 1.54. The van der Waals surface area contributed by atoms with Crippen molar-refractivity contribution in [2.75, 3.05) is 5.32 Å². The van der Waals surface area contributed by atoms with E-state index in [1.54, 1.807) is 0 Å². The van der Waals surface area contributed by atoms with Crippen LogP contribution >= 0.6 is 12.6 Å². The van der Waals surface area contributed by atoms with Gasteiger partial charge in [0.2, 0.25) is 5.88 Å². The summed E-state index contributed by atoms with van der Waals surface area (Å²) in [5, 5.41) is 3.31. The van der Waals surface area contributed by atoms with Crippen molar-refractivity contribution < 1.29 is 4.74 Å². The summed E-state index contributed by atoms with van der Waals surface area (Å²) in [6.45, 7) is 4.71. The Morgan fingerprint density at radius 3 is 2.59 bits per heavy atom. The summed E-state index contributed by atoms with van der Waals surface area (Å²) in [5.41, 5.74) is 1.16. The van der Waals surface area contributed by atoms with E-state index >= 15 is 0 Å². The van der Waals surface area contributed by atoms with Crippen LogP contribution in [0.25, 0.3) is 0 Å². The first-order valence-corrected chi connectivity index (χ1v) is 8.40. The van der Waals surface area contributed by atoms with Gasteiger partial charge in [-0.25, -0.2) is 0 Å². The van der Waals surface area contributed by atoms with E-state index in [0.29, 0.717) is 18.5 Å². The van der Waals surface area contributed by atoms with Crippen LogP contribution < -0.4 is 10.1 Å². The second kappa shape index (κ2) is 8.69. The van der Waals surface area contributed by atoms with Crippen LogP contribution in [0.15, 0.2) is 47.4 Å². The molecule has 0 spiro atoms. The molecule has 1 aliphatic rings. The van der Waals surface area contributed by atoms with E-state index in [-0.39, 0.29) is 0 Å². The monoisotopic (exact) mass is 316 g/mol. The molecule has 0 aliphatic heterocycles. The largest absolute Gasteiger partial charge is 0.474 e. The summed E-state index contributed by atoms with van der Waals surface area (Å²) < 4.78 is 5.80. The van der Waals surface area contributed by atoms with Crippen LogP contribution in [0.3, 0.4) is 0 Å². The van der Waals surface area contributed by atoms with Gasteiger partial charge in [0.25, 0.3) is 0 Å². The molecule has 3 rings (SSSR count). The molecule has 0 atom stereocenters. The van der Waals surface area contributed by atoms with Gasteiger partial charge in [0.05, 0.1) is 0 Å². The van der Waals surface area contributed by atoms with Crippen LogP contribution in [0, 0.1) is 0 Å². The molecule has 1 fully saturated rings. The van der Waals surface area contributed by atoms with Gasteiger partial charge in [-0.2, -0.15) is 4.98 Å². The van der Waals surface area contributed by atoms with Gasteiger partial charge in [-0.1, -0.05) is 38.1 Å². The maximum atomic E-state index is 5.80. The van der Waals surface area contributed by atoms with Crippen LogP contribution in [0.1, 0.15) is 38.7 Å². The van der Waals surface area contributed by atoms with Gasteiger partial charge in [-0.3, -0.25) is 0 Å². The van der Waals surface area contributed by atoms with Gasteiger partial charge in [-0.15, -0.1) is 12.6 Å². The van der Waals surface area contributed by atoms with E-state index in [0.717, 1.165) is 29.1 Å². The number of nitrogens with zero attached hydrogens (tertiary/aromatic N) is 1. The Kier molecular flexibility index (Phi) is 6.59. The quantitative estimate of drug-likeness (QED) is 0.767. The van der Waals surface area contributed by atoms with Crippen molar-refractivity contribution in [3.05, 3.63) is 48.0 Å². The van der Waals surface area contributed by atoms with Gasteiger partial charge < -0.3 is 10.1 Å². The number of thiol groups is 1. The zero-order chi connectivity index (χ0) is 15.8. The molecule has 0 radical (unpaired) electrons. The minimum Gasteiger partial charge on any atom is -0.474 e. The van der Waals surface area contributed by atoms with Crippen LogP contribution in [0.4, 0.5) is 5.82 Å². The molecule has 3 nitrogen and oxygen atoms in total. The Balaban J connectivity index is 0.000000847. The highest BCUT2D eigenvalue weighted by molar-refractivity contribution is 7.80. The average Bonchev–Trinajstić information content (AvgIpc) is 2.53. The van der Waals surface area contributed by atoms with Crippen molar-refractivity contribution >= 4 is 18.4 Å². The zero-order valence-electron chi connectivity index (χ0n) is 13.2. The van der Waals surface area contributed by atoms with Gasteiger partial charge >= 0.3 is 0 Å². The summed E-state index contributed by atoms with van der Waals surface area (Å²) >= 11 is 4.45. The minimum absolute atomic E-state index is 0.357. The third-order valence-electron chi connectivity index (χ3n) is 3.51. The molecular formula is C18H24N2OS. The summed E-state index contributed by atoms with van der Waals surface area (Å²) in [4.78, 5) is 5.47. The second-order valence-corrected chi connectivity index (χ2v) is 5.50. The molecule has 0 bridgehead atoms. The molecule has 1 heterocycles. The summed E-state index contributed by atoms with van der Waals surface area (Å²) in [6.07, 6.45) is 3.91. The topological polar surface area (TPSA) is 34.1 Å². The molecule has 1 aliphatic carbocycles. The number of aromatic nitrogens is 1. The molecule has 118 valence electrons. The lowest BCUT2D eigenvalue weighted by Gasteiger charge is -2.25. The maximum absolute atomic E-state index is 5.80. The molecule has 0 amide bonds. The molecule has 4 heteroatoms. The van der Waals surface area contributed by atoms with E-state index in [2.05, 4.69) is 29.0 Å². The minimum atomic E-state index is 0.357. The highest BCUT2D eigenvalue weighted by Gasteiger charge is 2.19. The van der Waals surface area contributed by atoms with Crippen LogP contribution in [-0.4, -0.2) is 11.1 Å². The molecule has 0 saturated heterocycles. The van der Waals surface area contributed by atoms with Crippen molar-refractivity contribution in [1.82, 2.24) is 4.98 Å². The third kappa shape index (κ3) is 4.67. The number of hydrogen-bond acceptors (Lipinski definition) is 4. The van der Waals surface area contributed by atoms with Crippen molar-refractivity contribution in [2.45, 2.75) is 50.7 Å². The van der Waals surface area contributed by atoms with E-state index in [1.807, 2.05) is 50.2 Å². The summed E-state index contributed by atoms with van der Waals surface area (Å²) in [7, 11) is 0. The highest BCUT2D eigenvalue weighted by Crippen LogP contribution is 2.24. The van der Waals surface area contributed by atoms with Gasteiger partial charge in [0.15, 0.2) is 0 Å². The lowest BCUT2D eigenvalue weighted by molar-refractivity contribution is 0.115. The number of anilines is 1. The predicted octanol–water partition coefficient (Wildman–Crippen LogP) is 4.94. The molecule has 1 aromatic carbocycles. The SMILES string of the molecule is CC.Sc1ccccc1CNc1cccc(OC2CCC2)n1. The molecule has 2 aromatic rings. The number of benzene rings is 1. The van der Waals surface area contributed by atoms with Gasteiger partial charge in [-0.05, 0) is 37.0 Å². The third-order valence-corrected chi connectivity index (χ3v) is 3.95. The van der Waals surface area contributed by atoms with Crippen LogP contribution in [0.2, 0.25) is 0 Å². The first-order chi connectivity index (χ1) is 10.8. The standard InChI is InChI=1S/C16H18N2OS.C2H6/c20-14-8-2-1-5-12(14)11-17-15-9-4-10-16(18-15)19-13-6-3-7-13;1-2/h1-2,4-5,8-10,13,20H,3,6-7,11H2,(H,17,18);1-2H3. The predicted molar refractivity (Wildman–Crippen MR) is 94.9 cm³/mol. The van der Waals surface area contributed by atoms with E-state index in [1.165, 1.54) is 6.42 Å². The first kappa shape index (κ1) is 16.7. The number of pyridine rings is 1. The molecule has 1 aromatic heterocycles. The molecule has 1 saturated carbocycles. The Morgan fingerprint density at radius 1 is 1.14 bits per heavy atom. The summed E-state index contributed by atoms with van der Waals surface area (Å²) in [6, 6.07) is 13.9. The van der Waals surface area contributed by atoms with Crippen LogP contribution in [-0.2, 0) is 6.54 Å². The van der Waals surface area contributed by atoms with Crippen LogP contribution in [0.5, 0.6) is 5.88 Å². The van der Waals surface area contributed by atoms with Gasteiger partial charge in [0.1, 0.15) is 11.9 Å². The van der Waals surface area contributed by atoms with E-state index in [4.69, 9.17) is 4.74 Å². The fourth-order valence-corrected chi connectivity index (χ4v) is 2.32. The molecule has 0 unspecified atom stereocenters. The smallest absolute Gasteiger partial charge is 0.215 e. The Hall–Kier alpha value is -1.68. The van der Waals surface area contributed by atoms with E-state index < -0.39 is 0 Å². The number of hydrogen-bond donors (Lipinski definition) is 2. The fraction of sp³-hybridized carbons (Fsp3) is 0.389. The highest BCUT2D eigenvalue weighted by atomic mass is 32.1. The van der Waals surface area contributed by atoms with Crippen molar-refractivity contribution in [3.63, 3.8) is 0 Å². The Labute approximate surface area is 138 Å².